The number of ketones is 1. The minimum Gasteiger partial charge on any atom is -0.462 e. The second-order valence-corrected chi connectivity index (χ2v) is 24.6. The van der Waals surface area contributed by atoms with E-state index in [1.165, 1.54) is 32.9 Å². The Hall–Kier alpha value is -5.91. The Morgan fingerprint density at radius 3 is 2.07 bits per heavy atom. The molecule has 446 valence electrons. The molecule has 4 aliphatic carbocycles. The first-order valence-corrected chi connectivity index (χ1v) is 29.3. The fourth-order valence-corrected chi connectivity index (χ4v) is 13.1. The van der Waals surface area contributed by atoms with Crippen molar-refractivity contribution >= 4 is 41.7 Å². The van der Waals surface area contributed by atoms with E-state index in [0.717, 1.165) is 57.8 Å². The molecule has 81 heavy (non-hydrogen) atoms. The second-order valence-electron chi connectivity index (χ2n) is 24.6. The van der Waals surface area contributed by atoms with E-state index in [1.54, 1.807) is 90.1 Å². The monoisotopic (exact) mass is 1130 g/mol. The number of esters is 5. The van der Waals surface area contributed by atoms with Crippen molar-refractivity contribution in [2.24, 2.45) is 22.7 Å². The summed E-state index contributed by atoms with van der Waals surface area (Å²) in [5, 5.41) is 41.3. The molecule has 0 radical (unpaired) electrons. The largest absolute Gasteiger partial charge is 0.462 e. The molecule has 2 bridgehead atoms. The van der Waals surface area contributed by atoms with E-state index in [1.807, 2.05) is 0 Å². The third-order valence-electron chi connectivity index (χ3n) is 17.4. The van der Waals surface area contributed by atoms with Crippen LogP contribution in [0.1, 0.15) is 200 Å². The van der Waals surface area contributed by atoms with Crippen molar-refractivity contribution in [3.05, 3.63) is 95.1 Å². The van der Waals surface area contributed by atoms with E-state index >= 15 is 9.59 Å². The predicted molar refractivity (Wildman–Crippen MR) is 301 cm³/mol. The summed E-state index contributed by atoms with van der Waals surface area (Å²) in [6.07, 6.45) is 5.03. The zero-order valence-electron chi connectivity index (χ0n) is 49.3. The minimum absolute atomic E-state index is 0.0119. The van der Waals surface area contributed by atoms with Crippen molar-refractivity contribution in [2.75, 3.05) is 0 Å². The van der Waals surface area contributed by atoms with Gasteiger partial charge in [0.05, 0.1) is 23.0 Å². The Bertz CT molecular complexity index is 2590. The molecular formula is C64H89NO16. The van der Waals surface area contributed by atoms with Crippen LogP contribution in [0.25, 0.3) is 0 Å². The van der Waals surface area contributed by atoms with Gasteiger partial charge in [0.15, 0.2) is 5.78 Å². The number of carbonyl (C=O) groups is 7. The lowest BCUT2D eigenvalue weighted by Gasteiger charge is -2.68. The normalized spacial score (nSPS) is 27.8. The van der Waals surface area contributed by atoms with E-state index in [4.69, 9.17) is 28.4 Å². The number of unbranched alkanes of at least 4 members (excludes halogenated alkanes) is 8. The molecule has 0 aromatic heterocycles. The highest BCUT2D eigenvalue weighted by molar-refractivity contribution is 5.94. The van der Waals surface area contributed by atoms with Gasteiger partial charge in [0, 0.05) is 44.4 Å². The quantitative estimate of drug-likeness (QED) is 0.0312. The molecule has 1 amide bonds. The maximum absolute atomic E-state index is 15.4. The predicted octanol–water partition coefficient (Wildman–Crippen LogP) is 10.4. The molecule has 6 rings (SSSR count). The van der Waals surface area contributed by atoms with Crippen LogP contribution in [0.3, 0.4) is 0 Å². The highest BCUT2D eigenvalue weighted by Crippen LogP contribution is 2.67. The van der Waals surface area contributed by atoms with Gasteiger partial charge in [-0.1, -0.05) is 120 Å². The molecular weight excluding hydrogens is 1040 g/mol. The summed E-state index contributed by atoms with van der Waals surface area (Å²) in [5.74, 6) is -6.65. The molecule has 4 N–H and O–H groups in total. The van der Waals surface area contributed by atoms with Gasteiger partial charge in [0.1, 0.15) is 47.3 Å². The first-order valence-electron chi connectivity index (χ1n) is 29.3. The first kappa shape index (κ1) is 64.3. The zero-order valence-corrected chi connectivity index (χ0v) is 49.3. The highest BCUT2D eigenvalue weighted by Gasteiger charge is 2.77. The number of alkyl carbamates (subject to hydrolysis) is 1. The lowest BCUT2D eigenvalue weighted by molar-refractivity contribution is -0.296. The molecule has 2 aromatic rings. The Morgan fingerprint density at radius 1 is 0.815 bits per heavy atom. The number of allylic oxidation sites excluding steroid dienone is 1. The van der Waals surface area contributed by atoms with E-state index in [0.29, 0.717) is 31.2 Å². The number of fused-ring (bicyclic) bond motifs is 5. The molecule has 0 aliphatic heterocycles. The number of hydrogen-bond donors (Lipinski definition) is 4. The summed E-state index contributed by atoms with van der Waals surface area (Å²) in [4.78, 5) is 97.6. The van der Waals surface area contributed by atoms with Crippen LogP contribution in [-0.2, 0) is 52.4 Å². The maximum atomic E-state index is 15.4. The van der Waals surface area contributed by atoms with Crippen molar-refractivity contribution in [3.63, 3.8) is 0 Å². The third-order valence-corrected chi connectivity index (χ3v) is 17.4. The van der Waals surface area contributed by atoms with Crippen LogP contribution in [0, 0.1) is 22.7 Å². The molecule has 17 nitrogen and oxygen atoms in total. The van der Waals surface area contributed by atoms with Crippen molar-refractivity contribution in [1.82, 2.24) is 5.32 Å². The zero-order chi connectivity index (χ0) is 59.5. The van der Waals surface area contributed by atoms with E-state index in [9.17, 15) is 39.3 Å². The van der Waals surface area contributed by atoms with E-state index in [2.05, 4.69) is 24.4 Å². The molecule has 17 heteroatoms. The summed E-state index contributed by atoms with van der Waals surface area (Å²) in [5.41, 5.74) is -7.99. The van der Waals surface area contributed by atoms with Crippen molar-refractivity contribution in [3.8, 4) is 0 Å². The topological polar surface area (TPSA) is 248 Å². The van der Waals surface area contributed by atoms with Crippen LogP contribution in [0.4, 0.5) is 4.79 Å². The van der Waals surface area contributed by atoms with Gasteiger partial charge in [-0.2, -0.15) is 0 Å². The molecule has 3 fully saturated rings. The number of aliphatic hydroxyl groups excluding tert-OH is 2. The smallest absolute Gasteiger partial charge is 0.408 e. The van der Waals surface area contributed by atoms with Crippen LogP contribution in [0.15, 0.2) is 84.0 Å². The number of benzene rings is 2. The fraction of sp³-hybridized carbons (Fsp3) is 0.641. The number of ether oxygens (including phenoxy) is 6. The Kier molecular flexibility index (Phi) is 21.8. The lowest BCUT2D eigenvalue weighted by Crippen LogP contribution is -2.78. The Labute approximate surface area is 478 Å². The molecule has 0 heterocycles. The van der Waals surface area contributed by atoms with Crippen molar-refractivity contribution in [1.29, 1.82) is 0 Å². The molecule has 0 spiro atoms. The summed E-state index contributed by atoms with van der Waals surface area (Å²) >= 11 is 0. The van der Waals surface area contributed by atoms with E-state index in [-0.39, 0.29) is 48.0 Å². The first-order chi connectivity index (χ1) is 38.2. The van der Waals surface area contributed by atoms with Crippen LogP contribution < -0.4 is 5.32 Å². The Balaban J connectivity index is 1.30. The number of carbonyl (C=O) groups excluding carboxylic acids is 7. The van der Waals surface area contributed by atoms with Gasteiger partial charge in [-0.25, -0.2) is 14.4 Å². The number of aliphatic hydroxyl groups is 3. The van der Waals surface area contributed by atoms with Crippen LogP contribution in [0.2, 0.25) is 0 Å². The molecule has 1 unspecified atom stereocenters. The second kappa shape index (κ2) is 27.4. The minimum atomic E-state index is -2.37. The molecule has 3 saturated carbocycles. The third kappa shape index (κ3) is 14.8. The summed E-state index contributed by atoms with van der Waals surface area (Å²) in [7, 11) is 0. The summed E-state index contributed by atoms with van der Waals surface area (Å²) < 4.78 is 36.4. The molecule has 2 aromatic carbocycles. The lowest BCUT2D eigenvalue weighted by atomic mass is 9.41. The summed E-state index contributed by atoms with van der Waals surface area (Å²) in [6, 6.07) is 14.9. The number of rotatable bonds is 25. The molecule has 0 saturated heterocycles. The van der Waals surface area contributed by atoms with Crippen LogP contribution in [-0.4, -0.2) is 110 Å². The average molecular weight is 1130 g/mol. The maximum Gasteiger partial charge on any atom is 0.408 e. The van der Waals surface area contributed by atoms with Gasteiger partial charge >= 0.3 is 35.9 Å². The van der Waals surface area contributed by atoms with Gasteiger partial charge in [-0.05, 0) is 115 Å². The summed E-state index contributed by atoms with van der Waals surface area (Å²) in [6.45, 7) is 16.0. The van der Waals surface area contributed by atoms with Gasteiger partial charge in [0.25, 0.3) is 0 Å². The molecule has 12 atom stereocenters. The van der Waals surface area contributed by atoms with Crippen molar-refractivity contribution < 1.29 is 77.3 Å². The van der Waals surface area contributed by atoms with Gasteiger partial charge in [-0.3, -0.25) is 19.2 Å². The number of hydrogen-bond acceptors (Lipinski definition) is 16. The Morgan fingerprint density at radius 2 is 1.46 bits per heavy atom. The highest BCUT2D eigenvalue weighted by atomic mass is 16.6. The number of Topliss-reactive ketones (excluding diaryl/α,β-unsaturated/α-hetero) is 1. The average Bonchev–Trinajstić information content (AvgIpc) is 3.39. The SMILES string of the molecule is CCCCCC[C@@H](C/C=C\CCCCCCCC(=O)O[C@@H](C(=O)O[C@H]1C[C@@]2(O)[C@@H](OC(=O)c3ccccc3)[C@H]3[C@](C)(C(=O)[C@H](O)C(=C1C)C2(C)C)[C@@H](O)CC1CC[C@]13OC(C)=O)[C@@H](NC(=O)OC(C)(C)C)c1ccccc1)OC(C)=O. The van der Waals surface area contributed by atoms with Gasteiger partial charge in [0.2, 0.25) is 6.10 Å². The molecule has 4 aliphatic rings. The van der Waals surface area contributed by atoms with Crippen molar-refractivity contribution in [2.45, 2.75) is 238 Å². The van der Waals surface area contributed by atoms with Gasteiger partial charge in [-0.15, -0.1) is 0 Å². The van der Waals surface area contributed by atoms with E-state index < -0.39 is 118 Å². The van der Waals surface area contributed by atoms with Gasteiger partial charge < -0.3 is 49.1 Å². The fourth-order valence-electron chi connectivity index (χ4n) is 13.1. The number of nitrogens with one attached hydrogen (secondary N) is 1. The van der Waals surface area contributed by atoms with Crippen LogP contribution >= 0.6 is 0 Å². The number of amides is 1. The standard InChI is InChI=1S/C64H89NO16/c1-11-12-13-26-33-46(76-41(3)66)34-27-18-16-14-15-17-19-28-35-49(69)78-53(51(43-29-22-20-23-30-43)65-59(74)81-60(5,6)7)58(73)77-47-39-64(75)56(79-57(72)44-31-24-21-25-32-44)54-62(10,55(71)52(70)50(40(47)2)61(64,8)9)48(68)38-45-36-37-63(45,54)80-42(4)67/h18,20-25,27,29-32,45-48,51-54,56,68,70,75H,11-17,19,26,28,33-39H2,1-10H3,(H,65,74)/b27-18-/t45?,46-,47-,48-,51-,52+,53+,54-,56-,62+,63-,64+/m0/s1. The van der Waals surface area contributed by atoms with Crippen LogP contribution in [0.5, 0.6) is 0 Å².